The Balaban J connectivity index is 2.16. The van der Waals surface area contributed by atoms with Gasteiger partial charge in [-0.15, -0.1) is 0 Å². The largest absolute Gasteiger partial charge is 0.496 e. The first kappa shape index (κ1) is 20.2. The smallest absolute Gasteiger partial charge is 0.326 e. The number of hydrogen-bond acceptors (Lipinski definition) is 7. The van der Waals surface area contributed by atoms with Gasteiger partial charge >= 0.3 is 5.97 Å². The van der Waals surface area contributed by atoms with E-state index in [2.05, 4.69) is 4.99 Å². The molecule has 0 atom stereocenters. The molecule has 3 rings (SSSR count). The van der Waals surface area contributed by atoms with Gasteiger partial charge in [-0.3, -0.25) is 19.7 Å². The molecule has 150 valence electrons. The van der Waals surface area contributed by atoms with Crippen molar-refractivity contribution in [2.45, 2.75) is 13.5 Å². The number of nitro groups is 1. The number of ether oxygens (including phenoxy) is 2. The van der Waals surface area contributed by atoms with Crippen LogP contribution in [0.15, 0.2) is 47.5 Å². The number of nitro benzene ring substituents is 1. The lowest BCUT2D eigenvalue weighted by Gasteiger charge is -2.06. The molecule has 0 aliphatic carbocycles. The van der Waals surface area contributed by atoms with Crippen LogP contribution in [-0.2, 0) is 16.1 Å². The Hall–Kier alpha value is -3.53. The summed E-state index contributed by atoms with van der Waals surface area (Å²) in [4.78, 5) is 39.7. The van der Waals surface area contributed by atoms with Crippen molar-refractivity contribution in [1.82, 2.24) is 4.57 Å². The lowest BCUT2D eigenvalue weighted by molar-refractivity contribution is -0.384. The standard InChI is InChI=1S/C19H17N3O6S/c1-3-28-17(23)11-21-14-9-8-12(22(25)26)10-16(14)29-19(21)20-18(24)13-6-4-5-7-15(13)27-2/h4-10H,3,11H2,1-2H3. The summed E-state index contributed by atoms with van der Waals surface area (Å²) >= 11 is 1.07. The monoisotopic (exact) mass is 415 g/mol. The van der Waals surface area contributed by atoms with Gasteiger partial charge < -0.3 is 14.0 Å². The summed E-state index contributed by atoms with van der Waals surface area (Å²) in [5, 5.41) is 11.1. The van der Waals surface area contributed by atoms with Gasteiger partial charge in [0.15, 0.2) is 4.80 Å². The molecule has 9 nitrogen and oxygen atoms in total. The van der Waals surface area contributed by atoms with Crippen molar-refractivity contribution in [3.05, 3.63) is 62.9 Å². The predicted octanol–water partition coefficient (Wildman–Crippen LogP) is 2.92. The van der Waals surface area contributed by atoms with Gasteiger partial charge in [0.1, 0.15) is 12.3 Å². The van der Waals surface area contributed by atoms with Gasteiger partial charge in [-0.2, -0.15) is 4.99 Å². The molecule has 0 fully saturated rings. The average molecular weight is 415 g/mol. The van der Waals surface area contributed by atoms with Crippen LogP contribution in [0.2, 0.25) is 0 Å². The molecular formula is C19H17N3O6S. The highest BCUT2D eigenvalue weighted by Gasteiger charge is 2.17. The van der Waals surface area contributed by atoms with Gasteiger partial charge in [-0.05, 0) is 25.1 Å². The van der Waals surface area contributed by atoms with E-state index in [1.165, 1.54) is 29.9 Å². The Morgan fingerprint density at radius 1 is 1.24 bits per heavy atom. The van der Waals surface area contributed by atoms with E-state index in [9.17, 15) is 19.7 Å². The number of carbonyl (C=O) groups is 2. The summed E-state index contributed by atoms with van der Waals surface area (Å²) < 4.78 is 12.2. The molecular weight excluding hydrogens is 398 g/mol. The van der Waals surface area contributed by atoms with E-state index in [0.29, 0.717) is 16.0 Å². The number of esters is 1. The van der Waals surface area contributed by atoms with Crippen molar-refractivity contribution in [3.63, 3.8) is 0 Å². The van der Waals surface area contributed by atoms with Gasteiger partial charge in [-0.25, -0.2) is 0 Å². The van der Waals surface area contributed by atoms with Crippen LogP contribution in [0.3, 0.4) is 0 Å². The summed E-state index contributed by atoms with van der Waals surface area (Å²) in [5.74, 6) is -0.687. The molecule has 0 aliphatic rings. The van der Waals surface area contributed by atoms with Gasteiger partial charge in [-0.1, -0.05) is 23.5 Å². The van der Waals surface area contributed by atoms with Crippen LogP contribution in [0.5, 0.6) is 5.75 Å². The first-order valence-corrected chi connectivity index (χ1v) is 9.41. The van der Waals surface area contributed by atoms with Crippen molar-refractivity contribution >= 4 is 39.1 Å². The average Bonchev–Trinajstić information content (AvgIpc) is 3.04. The zero-order chi connectivity index (χ0) is 21.0. The molecule has 0 aliphatic heterocycles. The van der Waals surface area contributed by atoms with E-state index in [1.54, 1.807) is 31.2 Å². The number of aromatic nitrogens is 1. The molecule has 1 heterocycles. The Morgan fingerprint density at radius 2 is 2.00 bits per heavy atom. The number of amides is 1. The molecule has 0 radical (unpaired) electrons. The maximum absolute atomic E-state index is 12.7. The number of non-ortho nitro benzene ring substituents is 1. The third kappa shape index (κ3) is 4.32. The molecule has 0 saturated heterocycles. The predicted molar refractivity (Wildman–Crippen MR) is 106 cm³/mol. The number of hydrogen-bond donors (Lipinski definition) is 0. The summed E-state index contributed by atoms with van der Waals surface area (Å²) in [6.07, 6.45) is 0. The number of fused-ring (bicyclic) bond motifs is 1. The Kier molecular flexibility index (Phi) is 6.03. The molecule has 2 aromatic carbocycles. The molecule has 0 bridgehead atoms. The second-order valence-electron chi connectivity index (χ2n) is 5.80. The molecule has 3 aromatic rings. The van der Waals surface area contributed by atoms with Crippen molar-refractivity contribution in [2.24, 2.45) is 4.99 Å². The number of para-hydroxylation sites is 1. The molecule has 29 heavy (non-hydrogen) atoms. The van der Waals surface area contributed by atoms with E-state index in [1.807, 2.05) is 0 Å². The highest BCUT2D eigenvalue weighted by molar-refractivity contribution is 7.16. The number of methoxy groups -OCH3 is 1. The van der Waals surface area contributed by atoms with Crippen molar-refractivity contribution < 1.29 is 24.0 Å². The molecule has 0 saturated carbocycles. The maximum atomic E-state index is 12.7. The number of thiazole rings is 1. The van der Waals surface area contributed by atoms with Crippen LogP contribution in [0.25, 0.3) is 10.2 Å². The van der Waals surface area contributed by atoms with Crippen molar-refractivity contribution in [3.8, 4) is 5.75 Å². The van der Waals surface area contributed by atoms with Crippen LogP contribution in [-0.4, -0.2) is 35.1 Å². The fourth-order valence-corrected chi connectivity index (χ4v) is 3.78. The summed E-state index contributed by atoms with van der Waals surface area (Å²) in [6, 6.07) is 10.9. The fourth-order valence-electron chi connectivity index (χ4n) is 2.72. The van der Waals surface area contributed by atoms with Crippen LogP contribution in [0.4, 0.5) is 5.69 Å². The van der Waals surface area contributed by atoms with Crippen LogP contribution >= 0.6 is 11.3 Å². The third-order valence-corrected chi connectivity index (χ3v) is 5.05. The first-order valence-electron chi connectivity index (χ1n) is 8.60. The Morgan fingerprint density at radius 3 is 2.69 bits per heavy atom. The van der Waals surface area contributed by atoms with E-state index in [4.69, 9.17) is 9.47 Å². The van der Waals surface area contributed by atoms with Gasteiger partial charge in [0.05, 0.1) is 34.4 Å². The lowest BCUT2D eigenvalue weighted by atomic mass is 10.2. The van der Waals surface area contributed by atoms with E-state index in [0.717, 1.165) is 11.3 Å². The highest BCUT2D eigenvalue weighted by Crippen LogP contribution is 2.24. The van der Waals surface area contributed by atoms with Crippen molar-refractivity contribution in [1.29, 1.82) is 0 Å². The number of carbonyl (C=O) groups excluding carboxylic acids is 2. The number of nitrogens with zero attached hydrogens (tertiary/aromatic N) is 3. The second kappa shape index (κ2) is 8.65. The summed E-state index contributed by atoms with van der Waals surface area (Å²) in [7, 11) is 1.45. The quantitative estimate of drug-likeness (QED) is 0.347. The third-order valence-electron chi connectivity index (χ3n) is 4.00. The summed E-state index contributed by atoms with van der Waals surface area (Å²) in [5.41, 5.74) is 0.714. The van der Waals surface area contributed by atoms with Crippen LogP contribution in [0.1, 0.15) is 17.3 Å². The zero-order valence-electron chi connectivity index (χ0n) is 15.7. The van der Waals surface area contributed by atoms with Crippen molar-refractivity contribution in [2.75, 3.05) is 13.7 Å². The minimum absolute atomic E-state index is 0.0929. The molecule has 1 aromatic heterocycles. The normalized spacial score (nSPS) is 11.4. The highest BCUT2D eigenvalue weighted by atomic mass is 32.1. The van der Waals surface area contributed by atoms with E-state index < -0.39 is 16.8 Å². The Bertz CT molecular complexity index is 1160. The fraction of sp³-hybridized carbons (Fsp3) is 0.211. The maximum Gasteiger partial charge on any atom is 0.326 e. The lowest BCUT2D eigenvalue weighted by Crippen LogP contribution is -2.23. The molecule has 0 N–H and O–H groups in total. The second-order valence-corrected chi connectivity index (χ2v) is 6.81. The number of rotatable bonds is 6. The first-order chi connectivity index (χ1) is 13.9. The molecule has 1 amide bonds. The Labute approximate surface area is 169 Å². The number of benzene rings is 2. The molecule has 10 heteroatoms. The van der Waals surface area contributed by atoms with E-state index in [-0.39, 0.29) is 29.2 Å². The van der Waals surface area contributed by atoms with Crippen LogP contribution < -0.4 is 9.54 Å². The SMILES string of the molecule is CCOC(=O)Cn1c(=NC(=O)c2ccccc2OC)sc2cc([N+](=O)[O-])ccc21. The van der Waals surface area contributed by atoms with Gasteiger partial charge in [0.25, 0.3) is 11.6 Å². The topological polar surface area (TPSA) is 113 Å². The van der Waals surface area contributed by atoms with Gasteiger partial charge in [0, 0.05) is 12.1 Å². The van der Waals surface area contributed by atoms with E-state index >= 15 is 0 Å². The molecule has 0 spiro atoms. The van der Waals surface area contributed by atoms with Gasteiger partial charge in [0.2, 0.25) is 0 Å². The minimum Gasteiger partial charge on any atom is -0.496 e. The van der Waals surface area contributed by atoms with Crippen LogP contribution in [0, 0.1) is 10.1 Å². The summed E-state index contributed by atoms with van der Waals surface area (Å²) in [6.45, 7) is 1.72. The minimum atomic E-state index is -0.555. The zero-order valence-corrected chi connectivity index (χ0v) is 16.5. The molecule has 0 unspecified atom stereocenters.